The summed E-state index contributed by atoms with van der Waals surface area (Å²) < 4.78 is 5.20. The summed E-state index contributed by atoms with van der Waals surface area (Å²) in [5, 5.41) is 6.58. The van der Waals surface area contributed by atoms with Crippen LogP contribution in [0.5, 0.6) is 5.75 Å². The Balaban J connectivity index is 2.18. The van der Waals surface area contributed by atoms with Crippen LogP contribution in [0.2, 0.25) is 0 Å². The number of rotatable bonds is 5. The van der Waals surface area contributed by atoms with E-state index in [2.05, 4.69) is 29.5 Å². The van der Waals surface area contributed by atoms with Crippen LogP contribution >= 0.6 is 0 Å². The summed E-state index contributed by atoms with van der Waals surface area (Å²) >= 11 is 0. The van der Waals surface area contributed by atoms with Crippen molar-refractivity contribution >= 4 is 17.2 Å². The first kappa shape index (κ1) is 13.2. The molecular weight excluding hydrogens is 238 g/mol. The van der Waals surface area contributed by atoms with Crippen molar-refractivity contribution in [1.29, 1.82) is 0 Å². The van der Waals surface area contributed by atoms with Crippen molar-refractivity contribution in [3.05, 3.63) is 42.1 Å². The predicted molar refractivity (Wildman–Crippen MR) is 79.4 cm³/mol. The van der Waals surface area contributed by atoms with Gasteiger partial charge in [-0.2, -0.15) is 0 Å². The van der Waals surface area contributed by atoms with Gasteiger partial charge in [-0.3, -0.25) is 0 Å². The monoisotopic (exact) mass is 257 g/mol. The van der Waals surface area contributed by atoms with Gasteiger partial charge >= 0.3 is 0 Å². The Morgan fingerprint density at radius 3 is 2.74 bits per heavy atom. The second-order valence-corrected chi connectivity index (χ2v) is 4.27. The van der Waals surface area contributed by atoms with Gasteiger partial charge in [-0.15, -0.1) is 0 Å². The topological polar surface area (TPSA) is 46.2 Å². The molecule has 1 aromatic heterocycles. The fourth-order valence-corrected chi connectivity index (χ4v) is 1.84. The highest BCUT2D eigenvalue weighted by atomic mass is 16.5. The van der Waals surface area contributed by atoms with Gasteiger partial charge in [0.25, 0.3) is 0 Å². The second-order valence-electron chi connectivity index (χ2n) is 4.27. The molecule has 0 fully saturated rings. The third kappa shape index (κ3) is 3.37. The number of anilines is 3. The molecule has 0 unspecified atom stereocenters. The summed E-state index contributed by atoms with van der Waals surface area (Å²) in [5.74, 6) is 1.74. The maximum atomic E-state index is 5.20. The van der Waals surface area contributed by atoms with Crippen LogP contribution in [0, 0.1) is 6.92 Å². The van der Waals surface area contributed by atoms with Crippen molar-refractivity contribution in [1.82, 2.24) is 4.98 Å². The van der Waals surface area contributed by atoms with E-state index < -0.39 is 0 Å². The van der Waals surface area contributed by atoms with Crippen molar-refractivity contribution in [3.8, 4) is 5.75 Å². The van der Waals surface area contributed by atoms with Crippen LogP contribution in [0.3, 0.4) is 0 Å². The van der Waals surface area contributed by atoms with Crippen LogP contribution in [-0.2, 0) is 0 Å². The predicted octanol–water partition coefficient (Wildman–Crippen LogP) is 3.57. The van der Waals surface area contributed by atoms with Gasteiger partial charge in [0.1, 0.15) is 11.6 Å². The number of benzene rings is 1. The molecule has 0 aliphatic heterocycles. The van der Waals surface area contributed by atoms with Gasteiger partial charge in [0.15, 0.2) is 0 Å². The number of aryl methyl sites for hydroxylation is 1. The van der Waals surface area contributed by atoms with Crippen molar-refractivity contribution < 1.29 is 4.74 Å². The number of methoxy groups -OCH3 is 1. The van der Waals surface area contributed by atoms with E-state index >= 15 is 0 Å². The Labute approximate surface area is 113 Å². The third-order valence-electron chi connectivity index (χ3n) is 2.83. The van der Waals surface area contributed by atoms with Crippen molar-refractivity contribution in [3.63, 3.8) is 0 Å². The van der Waals surface area contributed by atoms with Crippen LogP contribution in [0.1, 0.15) is 12.5 Å². The average Bonchev–Trinajstić information content (AvgIpc) is 2.42. The molecule has 1 aromatic carbocycles. The molecule has 0 saturated carbocycles. The molecule has 0 saturated heterocycles. The fraction of sp³-hybridized carbons (Fsp3) is 0.267. The minimum absolute atomic E-state index is 0.859. The molecule has 0 bridgehead atoms. The van der Waals surface area contributed by atoms with Crippen LogP contribution in [0.4, 0.5) is 17.2 Å². The zero-order valence-electron chi connectivity index (χ0n) is 11.5. The maximum Gasteiger partial charge on any atom is 0.127 e. The lowest BCUT2D eigenvalue weighted by atomic mass is 10.2. The van der Waals surface area contributed by atoms with Crippen molar-refractivity contribution in [2.45, 2.75) is 13.8 Å². The molecule has 0 amide bonds. The van der Waals surface area contributed by atoms with Gasteiger partial charge in [0.05, 0.1) is 7.11 Å². The normalized spacial score (nSPS) is 10.1. The summed E-state index contributed by atoms with van der Waals surface area (Å²) in [4.78, 5) is 4.25. The van der Waals surface area contributed by atoms with Crippen LogP contribution in [0.25, 0.3) is 0 Å². The number of hydrogen-bond donors (Lipinski definition) is 2. The largest absolute Gasteiger partial charge is 0.497 e. The first-order valence-corrected chi connectivity index (χ1v) is 6.34. The van der Waals surface area contributed by atoms with E-state index in [1.807, 2.05) is 30.3 Å². The molecule has 4 nitrogen and oxygen atoms in total. The van der Waals surface area contributed by atoms with E-state index in [-0.39, 0.29) is 0 Å². The molecule has 19 heavy (non-hydrogen) atoms. The highest BCUT2D eigenvalue weighted by Crippen LogP contribution is 2.25. The van der Waals surface area contributed by atoms with Gasteiger partial charge in [-0.05, 0) is 43.7 Å². The first-order valence-electron chi connectivity index (χ1n) is 6.34. The van der Waals surface area contributed by atoms with E-state index in [9.17, 15) is 0 Å². The van der Waals surface area contributed by atoms with Crippen LogP contribution in [-0.4, -0.2) is 18.6 Å². The molecule has 0 spiro atoms. The lowest BCUT2D eigenvalue weighted by molar-refractivity contribution is 0.414. The highest BCUT2D eigenvalue weighted by Gasteiger charge is 2.02. The minimum Gasteiger partial charge on any atom is -0.497 e. The van der Waals surface area contributed by atoms with E-state index in [1.54, 1.807) is 13.3 Å². The highest BCUT2D eigenvalue weighted by molar-refractivity contribution is 5.65. The average molecular weight is 257 g/mol. The molecule has 0 aliphatic rings. The number of nitrogens with zero attached hydrogens (tertiary/aromatic N) is 1. The molecule has 0 radical (unpaired) electrons. The summed E-state index contributed by atoms with van der Waals surface area (Å²) in [6, 6.07) is 9.91. The summed E-state index contributed by atoms with van der Waals surface area (Å²) in [6.07, 6.45) is 1.79. The molecular formula is C15H19N3O. The summed E-state index contributed by atoms with van der Waals surface area (Å²) in [6.45, 7) is 4.96. The van der Waals surface area contributed by atoms with Crippen LogP contribution < -0.4 is 15.4 Å². The molecule has 4 heteroatoms. The maximum absolute atomic E-state index is 5.20. The second kappa shape index (κ2) is 6.09. The van der Waals surface area contributed by atoms with Crippen molar-refractivity contribution in [2.75, 3.05) is 24.3 Å². The Hall–Kier alpha value is -2.23. The smallest absolute Gasteiger partial charge is 0.127 e. The van der Waals surface area contributed by atoms with Crippen molar-refractivity contribution in [2.24, 2.45) is 0 Å². The number of hydrogen-bond acceptors (Lipinski definition) is 4. The van der Waals surface area contributed by atoms with E-state index in [0.717, 1.165) is 35.1 Å². The number of aromatic nitrogens is 1. The Bertz CT molecular complexity index is 555. The molecule has 2 aromatic rings. The lowest BCUT2D eigenvalue weighted by Crippen LogP contribution is -2.00. The molecule has 1 heterocycles. The van der Waals surface area contributed by atoms with E-state index in [4.69, 9.17) is 4.74 Å². The quantitative estimate of drug-likeness (QED) is 0.859. The zero-order valence-corrected chi connectivity index (χ0v) is 11.5. The molecule has 0 aliphatic carbocycles. The standard InChI is InChI=1S/C15H19N3O/c1-4-16-15-10-12(7-8-17-15)18-14-6-5-13(19-3)9-11(14)2/h5-10H,4H2,1-3H3,(H2,16,17,18). The lowest BCUT2D eigenvalue weighted by Gasteiger charge is -2.12. The van der Waals surface area contributed by atoms with Gasteiger partial charge in [0, 0.05) is 30.2 Å². The van der Waals surface area contributed by atoms with E-state index in [1.165, 1.54) is 0 Å². The number of ether oxygens (including phenoxy) is 1. The molecule has 2 N–H and O–H groups in total. The number of pyridine rings is 1. The van der Waals surface area contributed by atoms with Gasteiger partial charge < -0.3 is 15.4 Å². The van der Waals surface area contributed by atoms with Gasteiger partial charge in [-0.1, -0.05) is 0 Å². The SMILES string of the molecule is CCNc1cc(Nc2ccc(OC)cc2C)ccn1. The van der Waals surface area contributed by atoms with Crippen LogP contribution in [0.15, 0.2) is 36.5 Å². The van der Waals surface area contributed by atoms with Gasteiger partial charge in [-0.25, -0.2) is 4.98 Å². The number of nitrogens with one attached hydrogen (secondary N) is 2. The fourth-order valence-electron chi connectivity index (χ4n) is 1.84. The first-order chi connectivity index (χ1) is 9.22. The Morgan fingerprint density at radius 1 is 1.21 bits per heavy atom. The zero-order chi connectivity index (χ0) is 13.7. The van der Waals surface area contributed by atoms with Gasteiger partial charge in [0.2, 0.25) is 0 Å². The third-order valence-corrected chi connectivity index (χ3v) is 2.83. The molecule has 2 rings (SSSR count). The molecule has 0 atom stereocenters. The van der Waals surface area contributed by atoms with E-state index in [0.29, 0.717) is 0 Å². The summed E-state index contributed by atoms with van der Waals surface area (Å²) in [5.41, 5.74) is 3.22. The minimum atomic E-state index is 0.859. The molecule has 100 valence electrons. The Kier molecular flexibility index (Phi) is 4.23. The Morgan fingerprint density at radius 2 is 2.05 bits per heavy atom. The summed E-state index contributed by atoms with van der Waals surface area (Å²) in [7, 11) is 1.67.